The van der Waals surface area contributed by atoms with Gasteiger partial charge in [0.1, 0.15) is 11.5 Å². The van der Waals surface area contributed by atoms with E-state index in [1.54, 1.807) is 0 Å². The van der Waals surface area contributed by atoms with Gasteiger partial charge in [0.05, 0.1) is 5.83 Å². The van der Waals surface area contributed by atoms with Crippen LogP contribution in [0.3, 0.4) is 0 Å². The summed E-state index contributed by atoms with van der Waals surface area (Å²) in [6.45, 7) is 3.76. The lowest BCUT2D eigenvalue weighted by molar-refractivity contribution is 0.592. The molecule has 0 rings (SSSR count). The third-order valence-corrected chi connectivity index (χ3v) is 0.875. The molecular formula is C7H8F3N. The second kappa shape index (κ2) is 3.85. The molecule has 0 aromatic heterocycles. The molecule has 0 heterocycles. The third kappa shape index (κ3) is 3.50. The van der Waals surface area contributed by atoms with Gasteiger partial charge in [0.2, 0.25) is 0 Å². The summed E-state index contributed by atoms with van der Waals surface area (Å²) in [5.41, 5.74) is 4.05. The fourth-order valence-electron chi connectivity index (χ4n) is 0.382. The zero-order valence-electron chi connectivity index (χ0n) is 6.00. The van der Waals surface area contributed by atoms with E-state index in [4.69, 9.17) is 5.73 Å². The Morgan fingerprint density at radius 1 is 1.36 bits per heavy atom. The Kier molecular flexibility index (Phi) is 3.44. The van der Waals surface area contributed by atoms with Crippen LogP contribution in [0.25, 0.3) is 0 Å². The predicted octanol–water partition coefficient (Wildman–Crippen LogP) is 2.48. The lowest BCUT2D eigenvalue weighted by atomic mass is 10.3. The zero-order valence-corrected chi connectivity index (χ0v) is 6.00. The van der Waals surface area contributed by atoms with E-state index < -0.39 is 23.2 Å². The highest BCUT2D eigenvalue weighted by atomic mass is 19.1. The molecule has 0 amide bonds. The normalized spacial score (nSPS) is 14.4. The molecule has 0 aliphatic heterocycles. The fraction of sp³-hybridized carbons (Fsp3) is 0.143. The molecule has 0 atom stereocenters. The molecule has 2 N–H and O–H groups in total. The number of rotatable bonds is 2. The Hall–Kier alpha value is -1.19. The summed E-state index contributed by atoms with van der Waals surface area (Å²) in [5, 5.41) is 0. The summed E-state index contributed by atoms with van der Waals surface area (Å²) >= 11 is 0. The van der Waals surface area contributed by atoms with E-state index in [1.165, 1.54) is 0 Å². The van der Waals surface area contributed by atoms with Gasteiger partial charge in [-0.15, -0.1) is 0 Å². The summed E-state index contributed by atoms with van der Waals surface area (Å²) < 4.78 is 36.4. The molecule has 0 aliphatic carbocycles. The molecule has 0 aromatic carbocycles. The maximum absolute atomic E-state index is 12.4. The molecule has 1 nitrogen and oxygen atoms in total. The van der Waals surface area contributed by atoms with E-state index in [-0.39, 0.29) is 0 Å². The lowest BCUT2D eigenvalue weighted by Crippen LogP contribution is -1.98. The van der Waals surface area contributed by atoms with Crippen molar-refractivity contribution in [3.63, 3.8) is 0 Å². The van der Waals surface area contributed by atoms with E-state index >= 15 is 0 Å². The molecule has 4 heteroatoms. The number of hydrogen-bond acceptors (Lipinski definition) is 1. The molecule has 0 unspecified atom stereocenters. The van der Waals surface area contributed by atoms with Gasteiger partial charge in [0.15, 0.2) is 5.83 Å². The van der Waals surface area contributed by atoms with Gasteiger partial charge < -0.3 is 5.73 Å². The average Bonchev–Trinajstić information content (AvgIpc) is 1.84. The van der Waals surface area contributed by atoms with Crippen molar-refractivity contribution >= 4 is 0 Å². The fourth-order valence-corrected chi connectivity index (χ4v) is 0.382. The van der Waals surface area contributed by atoms with Crippen molar-refractivity contribution in [1.29, 1.82) is 0 Å². The van der Waals surface area contributed by atoms with Crippen molar-refractivity contribution < 1.29 is 13.2 Å². The lowest BCUT2D eigenvalue weighted by Gasteiger charge is -1.95. The molecule has 0 saturated carbocycles. The molecule has 11 heavy (non-hydrogen) atoms. The molecule has 0 bridgehead atoms. The van der Waals surface area contributed by atoms with Gasteiger partial charge in [-0.25, -0.2) is 13.2 Å². The Labute approximate surface area is 62.7 Å². The molecule has 0 spiro atoms. The first-order valence-electron chi connectivity index (χ1n) is 2.79. The van der Waals surface area contributed by atoms with Crippen LogP contribution >= 0.6 is 0 Å². The van der Waals surface area contributed by atoms with Gasteiger partial charge >= 0.3 is 0 Å². The Balaban J connectivity index is 4.68. The first-order valence-corrected chi connectivity index (χ1v) is 2.79. The third-order valence-electron chi connectivity index (χ3n) is 0.875. The first-order chi connectivity index (χ1) is 4.95. The van der Waals surface area contributed by atoms with Gasteiger partial charge in [-0.2, -0.15) is 0 Å². The second-order valence-corrected chi connectivity index (χ2v) is 1.90. The minimum atomic E-state index is -1.16. The topological polar surface area (TPSA) is 26.0 Å². The van der Waals surface area contributed by atoms with E-state index in [2.05, 4.69) is 6.58 Å². The molecule has 0 aliphatic rings. The quantitative estimate of drug-likeness (QED) is 0.622. The number of hydrogen-bond donors (Lipinski definition) is 1. The van der Waals surface area contributed by atoms with E-state index in [0.717, 1.165) is 6.92 Å². The summed E-state index contributed by atoms with van der Waals surface area (Å²) in [6.07, 6.45) is 0.486. The van der Waals surface area contributed by atoms with Crippen LogP contribution in [-0.4, -0.2) is 0 Å². The van der Waals surface area contributed by atoms with Crippen LogP contribution in [0.1, 0.15) is 6.92 Å². The standard InChI is InChI=1S/C7H8F3N/c1-4(8)3-6(10)7(11)5(2)9/h3H,2,11H2,1H3/b4-3+,7-6-. The van der Waals surface area contributed by atoms with Crippen LogP contribution in [0.4, 0.5) is 13.2 Å². The highest BCUT2D eigenvalue weighted by Crippen LogP contribution is 2.13. The van der Waals surface area contributed by atoms with Crippen LogP contribution < -0.4 is 5.73 Å². The Bertz CT molecular complexity index is 224. The van der Waals surface area contributed by atoms with Gasteiger partial charge in [-0.3, -0.25) is 0 Å². The Morgan fingerprint density at radius 2 is 1.82 bits per heavy atom. The van der Waals surface area contributed by atoms with Crippen molar-refractivity contribution in [2.75, 3.05) is 0 Å². The molecule has 0 radical (unpaired) electrons. The van der Waals surface area contributed by atoms with E-state index in [1.807, 2.05) is 0 Å². The second-order valence-electron chi connectivity index (χ2n) is 1.90. The van der Waals surface area contributed by atoms with Gasteiger partial charge in [-0.05, 0) is 6.92 Å². The highest BCUT2D eigenvalue weighted by molar-refractivity contribution is 5.29. The largest absolute Gasteiger partial charge is 0.394 e. The smallest absolute Gasteiger partial charge is 0.151 e. The minimum Gasteiger partial charge on any atom is -0.394 e. The predicted molar refractivity (Wildman–Crippen MR) is 37.4 cm³/mol. The summed E-state index contributed by atoms with van der Waals surface area (Å²) in [6, 6.07) is 0. The number of allylic oxidation sites excluding steroid dienone is 4. The zero-order chi connectivity index (χ0) is 9.02. The van der Waals surface area contributed by atoms with E-state index in [0.29, 0.717) is 6.08 Å². The van der Waals surface area contributed by atoms with Gasteiger partial charge in [-0.1, -0.05) is 6.58 Å². The van der Waals surface area contributed by atoms with Crippen LogP contribution in [0.2, 0.25) is 0 Å². The summed E-state index contributed by atoms with van der Waals surface area (Å²) in [7, 11) is 0. The molecule has 0 saturated heterocycles. The SMILES string of the molecule is C=C(F)/C(N)=C(F)\C=C(/C)F. The van der Waals surface area contributed by atoms with Gasteiger partial charge in [0, 0.05) is 6.08 Å². The maximum Gasteiger partial charge on any atom is 0.151 e. The molecular weight excluding hydrogens is 155 g/mol. The minimum absolute atomic E-state index is 0.486. The van der Waals surface area contributed by atoms with Crippen molar-refractivity contribution in [3.05, 3.63) is 35.8 Å². The van der Waals surface area contributed by atoms with Crippen LogP contribution in [-0.2, 0) is 0 Å². The first kappa shape index (κ1) is 9.81. The van der Waals surface area contributed by atoms with E-state index in [9.17, 15) is 13.2 Å². The van der Waals surface area contributed by atoms with Crippen molar-refractivity contribution in [2.45, 2.75) is 6.92 Å². The van der Waals surface area contributed by atoms with Crippen LogP contribution in [0.5, 0.6) is 0 Å². The number of nitrogens with two attached hydrogens (primary N) is 1. The number of halogens is 3. The molecule has 0 fully saturated rings. The molecule has 62 valence electrons. The summed E-state index contributed by atoms with van der Waals surface area (Å²) in [5.74, 6) is -3.05. The monoisotopic (exact) mass is 163 g/mol. The van der Waals surface area contributed by atoms with Crippen molar-refractivity contribution in [1.82, 2.24) is 0 Å². The Morgan fingerprint density at radius 3 is 2.09 bits per heavy atom. The average molecular weight is 163 g/mol. The van der Waals surface area contributed by atoms with Crippen LogP contribution in [0, 0.1) is 0 Å². The maximum atomic E-state index is 12.4. The molecule has 0 aromatic rings. The van der Waals surface area contributed by atoms with Crippen molar-refractivity contribution in [2.24, 2.45) is 5.73 Å². The summed E-state index contributed by atoms with van der Waals surface area (Å²) in [4.78, 5) is 0. The van der Waals surface area contributed by atoms with Gasteiger partial charge in [0.25, 0.3) is 0 Å². The van der Waals surface area contributed by atoms with Crippen molar-refractivity contribution in [3.8, 4) is 0 Å². The highest BCUT2D eigenvalue weighted by Gasteiger charge is 2.03. The van der Waals surface area contributed by atoms with Crippen LogP contribution in [0.15, 0.2) is 35.8 Å².